The lowest BCUT2D eigenvalue weighted by Crippen LogP contribution is -2.10. The summed E-state index contributed by atoms with van der Waals surface area (Å²) >= 11 is 0. The van der Waals surface area contributed by atoms with Crippen LogP contribution in [-0.4, -0.2) is 29.8 Å². The van der Waals surface area contributed by atoms with Crippen molar-refractivity contribution in [2.45, 2.75) is 39.2 Å². The highest BCUT2D eigenvalue weighted by Crippen LogP contribution is 2.12. The van der Waals surface area contributed by atoms with Crippen molar-refractivity contribution in [3.8, 4) is 0 Å². The molecule has 2 heterocycles. The maximum atomic E-state index is 5.55. The second-order valence-corrected chi connectivity index (χ2v) is 4.55. The number of hydrogen-bond acceptors (Lipinski definition) is 5. The Balaban J connectivity index is 1.60. The molecule has 1 fully saturated rings. The molecule has 1 aromatic rings. The van der Waals surface area contributed by atoms with Crippen LogP contribution in [0.5, 0.6) is 0 Å². The predicted octanol–water partition coefficient (Wildman–Crippen LogP) is 1.54. The van der Waals surface area contributed by atoms with Gasteiger partial charge in [-0.3, -0.25) is 0 Å². The van der Waals surface area contributed by atoms with E-state index in [-0.39, 0.29) is 0 Å². The van der Waals surface area contributed by atoms with E-state index in [1.165, 1.54) is 6.42 Å². The fraction of sp³-hybridized carbons (Fsp3) is 0.833. The second-order valence-electron chi connectivity index (χ2n) is 4.55. The Bertz CT molecular complexity index is 321. The molecule has 5 heteroatoms. The largest absolute Gasteiger partial charge is 0.372 e. The van der Waals surface area contributed by atoms with Crippen molar-refractivity contribution < 1.29 is 9.26 Å². The Morgan fingerprint density at radius 1 is 1.53 bits per heavy atom. The van der Waals surface area contributed by atoms with Crippen LogP contribution in [0.4, 0.5) is 0 Å². The molecule has 0 aliphatic carbocycles. The monoisotopic (exact) mass is 239 g/mol. The van der Waals surface area contributed by atoms with E-state index in [1.54, 1.807) is 0 Å². The standard InChI is InChI=1S/C12H21N3O2/c1-2-3-11-14-12(17-15-11)9-16-7-5-10-4-6-13-8-10/h10,13H,2-9H2,1H3. The van der Waals surface area contributed by atoms with Crippen molar-refractivity contribution in [2.75, 3.05) is 19.7 Å². The molecule has 17 heavy (non-hydrogen) atoms. The van der Waals surface area contributed by atoms with Crippen LogP contribution in [0.3, 0.4) is 0 Å². The van der Waals surface area contributed by atoms with Gasteiger partial charge in [-0.25, -0.2) is 0 Å². The molecule has 1 saturated heterocycles. The van der Waals surface area contributed by atoms with Crippen LogP contribution in [0.25, 0.3) is 0 Å². The zero-order valence-corrected chi connectivity index (χ0v) is 10.4. The van der Waals surface area contributed by atoms with Crippen molar-refractivity contribution >= 4 is 0 Å². The van der Waals surface area contributed by atoms with Crippen molar-refractivity contribution in [1.82, 2.24) is 15.5 Å². The summed E-state index contributed by atoms with van der Waals surface area (Å²) in [6.45, 7) is 5.59. The van der Waals surface area contributed by atoms with Gasteiger partial charge in [0.1, 0.15) is 6.61 Å². The number of aromatic nitrogens is 2. The Labute approximate surface area is 102 Å². The normalized spacial score (nSPS) is 19.9. The van der Waals surface area contributed by atoms with Crippen LogP contribution in [0.15, 0.2) is 4.52 Å². The first-order chi connectivity index (χ1) is 8.38. The fourth-order valence-electron chi connectivity index (χ4n) is 2.04. The maximum absolute atomic E-state index is 5.55. The molecule has 5 nitrogen and oxygen atoms in total. The molecule has 96 valence electrons. The van der Waals surface area contributed by atoms with Crippen molar-refractivity contribution in [3.63, 3.8) is 0 Å². The Kier molecular flexibility index (Phi) is 4.94. The predicted molar refractivity (Wildman–Crippen MR) is 63.5 cm³/mol. The van der Waals surface area contributed by atoms with Gasteiger partial charge in [0.15, 0.2) is 5.82 Å². The molecule has 0 spiro atoms. The van der Waals surface area contributed by atoms with E-state index >= 15 is 0 Å². The third-order valence-electron chi connectivity index (χ3n) is 3.04. The van der Waals surface area contributed by atoms with Crippen molar-refractivity contribution in [3.05, 3.63) is 11.7 Å². The Hall–Kier alpha value is -0.940. The van der Waals surface area contributed by atoms with Gasteiger partial charge in [-0.1, -0.05) is 12.1 Å². The molecule has 1 aromatic heterocycles. The summed E-state index contributed by atoms with van der Waals surface area (Å²) in [4.78, 5) is 4.25. The lowest BCUT2D eigenvalue weighted by molar-refractivity contribution is 0.0880. The number of nitrogens with zero attached hydrogens (tertiary/aromatic N) is 2. The number of rotatable bonds is 7. The van der Waals surface area contributed by atoms with Crippen LogP contribution >= 0.6 is 0 Å². The third kappa shape index (κ3) is 4.09. The Morgan fingerprint density at radius 3 is 3.24 bits per heavy atom. The van der Waals surface area contributed by atoms with Crippen LogP contribution in [0.1, 0.15) is 37.9 Å². The average molecular weight is 239 g/mol. The van der Waals surface area contributed by atoms with E-state index in [0.717, 1.165) is 50.7 Å². The Morgan fingerprint density at radius 2 is 2.47 bits per heavy atom. The topological polar surface area (TPSA) is 60.2 Å². The maximum Gasteiger partial charge on any atom is 0.252 e. The van der Waals surface area contributed by atoms with Crippen LogP contribution < -0.4 is 5.32 Å². The number of hydrogen-bond donors (Lipinski definition) is 1. The highest BCUT2D eigenvalue weighted by molar-refractivity contribution is 4.84. The molecule has 0 aromatic carbocycles. The van der Waals surface area contributed by atoms with Gasteiger partial charge in [0, 0.05) is 13.0 Å². The van der Waals surface area contributed by atoms with Gasteiger partial charge >= 0.3 is 0 Å². The summed E-state index contributed by atoms with van der Waals surface area (Å²) in [5.41, 5.74) is 0. The summed E-state index contributed by atoms with van der Waals surface area (Å²) in [6.07, 6.45) is 4.29. The lowest BCUT2D eigenvalue weighted by atomic mass is 10.1. The summed E-state index contributed by atoms with van der Waals surface area (Å²) in [5.74, 6) is 2.15. The van der Waals surface area contributed by atoms with E-state index < -0.39 is 0 Å². The molecule has 1 aliphatic rings. The van der Waals surface area contributed by atoms with Gasteiger partial charge in [-0.05, 0) is 38.3 Å². The molecule has 1 unspecified atom stereocenters. The van der Waals surface area contributed by atoms with Gasteiger partial charge in [0.2, 0.25) is 0 Å². The van der Waals surface area contributed by atoms with Crippen molar-refractivity contribution in [2.24, 2.45) is 5.92 Å². The van der Waals surface area contributed by atoms with Gasteiger partial charge < -0.3 is 14.6 Å². The lowest BCUT2D eigenvalue weighted by Gasteiger charge is -2.06. The molecule has 1 N–H and O–H groups in total. The third-order valence-corrected chi connectivity index (χ3v) is 3.04. The minimum absolute atomic E-state index is 0.441. The highest BCUT2D eigenvalue weighted by atomic mass is 16.5. The van der Waals surface area contributed by atoms with E-state index in [2.05, 4.69) is 22.4 Å². The molecular weight excluding hydrogens is 218 g/mol. The summed E-state index contributed by atoms with van der Waals surface area (Å²) < 4.78 is 10.6. The van der Waals surface area contributed by atoms with Gasteiger partial charge in [-0.15, -0.1) is 0 Å². The molecule has 1 atom stereocenters. The number of nitrogens with one attached hydrogen (secondary N) is 1. The first-order valence-corrected chi connectivity index (χ1v) is 6.48. The second kappa shape index (κ2) is 6.71. The zero-order valence-electron chi connectivity index (χ0n) is 10.4. The fourth-order valence-corrected chi connectivity index (χ4v) is 2.04. The first-order valence-electron chi connectivity index (χ1n) is 6.48. The number of ether oxygens (including phenoxy) is 1. The smallest absolute Gasteiger partial charge is 0.252 e. The van der Waals surface area contributed by atoms with Crippen LogP contribution in [0, 0.1) is 5.92 Å². The van der Waals surface area contributed by atoms with Crippen molar-refractivity contribution in [1.29, 1.82) is 0 Å². The summed E-state index contributed by atoms with van der Waals surface area (Å²) in [5, 5.41) is 7.24. The molecule has 0 radical (unpaired) electrons. The molecular formula is C12H21N3O2. The van der Waals surface area contributed by atoms with Crippen LogP contribution in [-0.2, 0) is 17.8 Å². The molecule has 2 rings (SSSR count). The first kappa shape index (κ1) is 12.5. The molecule has 0 amide bonds. The summed E-state index contributed by atoms with van der Waals surface area (Å²) in [6, 6.07) is 0. The van der Waals surface area contributed by atoms with E-state index in [4.69, 9.17) is 9.26 Å². The summed E-state index contributed by atoms with van der Waals surface area (Å²) in [7, 11) is 0. The molecule has 1 aliphatic heterocycles. The van der Waals surface area contributed by atoms with Gasteiger partial charge in [0.05, 0.1) is 0 Å². The van der Waals surface area contributed by atoms with Gasteiger partial charge in [0.25, 0.3) is 5.89 Å². The van der Waals surface area contributed by atoms with E-state index in [0.29, 0.717) is 12.5 Å². The minimum atomic E-state index is 0.441. The van der Waals surface area contributed by atoms with Gasteiger partial charge in [-0.2, -0.15) is 4.98 Å². The average Bonchev–Trinajstić information content (AvgIpc) is 2.96. The van der Waals surface area contributed by atoms with E-state index in [1.807, 2.05) is 0 Å². The SMILES string of the molecule is CCCc1noc(COCCC2CCNC2)n1. The molecule has 0 bridgehead atoms. The quantitative estimate of drug-likeness (QED) is 0.731. The number of aryl methyl sites for hydroxylation is 1. The zero-order chi connectivity index (χ0) is 11.9. The minimum Gasteiger partial charge on any atom is -0.372 e. The highest BCUT2D eigenvalue weighted by Gasteiger charge is 2.14. The van der Waals surface area contributed by atoms with E-state index in [9.17, 15) is 0 Å². The molecule has 0 saturated carbocycles. The van der Waals surface area contributed by atoms with Crippen LogP contribution in [0.2, 0.25) is 0 Å².